The van der Waals surface area contributed by atoms with Crippen molar-refractivity contribution in [1.29, 1.82) is 0 Å². The number of nitrogens with zero attached hydrogens (tertiary/aromatic N) is 1. The molecule has 180 valence electrons. The molecule has 0 radical (unpaired) electrons. The molecule has 35 heavy (non-hydrogen) atoms. The molecule has 7 nitrogen and oxygen atoms in total. The van der Waals surface area contributed by atoms with E-state index in [0.29, 0.717) is 30.2 Å². The number of fused-ring (bicyclic) bond motifs is 1. The number of anilines is 2. The molecule has 3 aromatic carbocycles. The predicted octanol–water partition coefficient (Wildman–Crippen LogP) is 4.17. The lowest BCUT2D eigenvalue weighted by Gasteiger charge is -2.37. The van der Waals surface area contributed by atoms with Gasteiger partial charge in [0.05, 0.1) is 29.9 Å². The summed E-state index contributed by atoms with van der Waals surface area (Å²) in [5.41, 5.74) is 2.86. The second-order valence-electron chi connectivity index (χ2n) is 8.71. The van der Waals surface area contributed by atoms with Crippen LogP contribution in [-0.2, 0) is 9.53 Å². The van der Waals surface area contributed by atoms with Crippen LogP contribution < -0.4 is 20.3 Å². The maximum atomic E-state index is 13.6. The summed E-state index contributed by atoms with van der Waals surface area (Å²) in [5.74, 6) is 0.390. The van der Waals surface area contributed by atoms with E-state index in [1.165, 1.54) is 0 Å². The molecule has 0 spiro atoms. The standard InChI is InChI=1S/C28H29N3O4/c32-27(18-29-23-13-5-4-12-22(23)28(33)30-17-21-11-8-16-34-21)31-24-14-6-7-15-26(24)35-19-25(31)20-9-2-1-3-10-20/h1-7,9-10,12-15,21,25,29H,8,11,16-19H2,(H,30,33)/t21-,25-/m0/s1. The average Bonchev–Trinajstić information content (AvgIpc) is 3.44. The first-order valence-corrected chi connectivity index (χ1v) is 12.0. The first kappa shape index (κ1) is 22.9. The molecule has 0 bridgehead atoms. The lowest BCUT2D eigenvalue weighted by molar-refractivity contribution is -0.117. The van der Waals surface area contributed by atoms with Gasteiger partial charge in [-0.3, -0.25) is 14.5 Å². The zero-order valence-corrected chi connectivity index (χ0v) is 19.5. The van der Waals surface area contributed by atoms with Crippen LogP contribution in [0.25, 0.3) is 0 Å². The Labute approximate surface area is 205 Å². The summed E-state index contributed by atoms with van der Waals surface area (Å²) < 4.78 is 11.6. The molecule has 1 saturated heterocycles. The van der Waals surface area contributed by atoms with Crippen molar-refractivity contribution in [3.05, 3.63) is 90.0 Å². The fourth-order valence-corrected chi connectivity index (χ4v) is 4.62. The number of hydrogen-bond acceptors (Lipinski definition) is 5. The van der Waals surface area contributed by atoms with Crippen LogP contribution in [0.3, 0.4) is 0 Å². The molecule has 2 amide bonds. The molecule has 2 aliphatic heterocycles. The topological polar surface area (TPSA) is 79.9 Å². The summed E-state index contributed by atoms with van der Waals surface area (Å²) in [7, 11) is 0. The van der Waals surface area contributed by atoms with E-state index in [2.05, 4.69) is 10.6 Å². The van der Waals surface area contributed by atoms with Gasteiger partial charge < -0.3 is 20.1 Å². The van der Waals surface area contributed by atoms with Crippen LogP contribution in [0.15, 0.2) is 78.9 Å². The number of carbonyl (C=O) groups excluding carboxylic acids is 2. The molecule has 0 unspecified atom stereocenters. The van der Waals surface area contributed by atoms with Gasteiger partial charge in [0.25, 0.3) is 5.91 Å². The van der Waals surface area contributed by atoms with Crippen molar-refractivity contribution in [3.63, 3.8) is 0 Å². The minimum absolute atomic E-state index is 0.0354. The molecule has 3 aromatic rings. The van der Waals surface area contributed by atoms with Gasteiger partial charge in [-0.05, 0) is 42.7 Å². The molecule has 0 saturated carbocycles. The van der Waals surface area contributed by atoms with Crippen molar-refractivity contribution < 1.29 is 19.1 Å². The molecular weight excluding hydrogens is 442 g/mol. The Morgan fingerprint density at radius 1 is 0.943 bits per heavy atom. The number of benzene rings is 3. The summed E-state index contributed by atoms with van der Waals surface area (Å²) >= 11 is 0. The largest absolute Gasteiger partial charge is 0.489 e. The highest BCUT2D eigenvalue weighted by atomic mass is 16.5. The highest BCUT2D eigenvalue weighted by Crippen LogP contribution is 2.39. The van der Waals surface area contributed by atoms with Crippen molar-refractivity contribution in [2.45, 2.75) is 25.0 Å². The van der Waals surface area contributed by atoms with Gasteiger partial charge in [-0.15, -0.1) is 0 Å². The van der Waals surface area contributed by atoms with Crippen LogP contribution in [0.5, 0.6) is 5.75 Å². The third-order valence-corrected chi connectivity index (χ3v) is 6.40. The maximum absolute atomic E-state index is 13.6. The third-order valence-electron chi connectivity index (χ3n) is 6.40. The van der Waals surface area contributed by atoms with Gasteiger partial charge in [0.15, 0.2) is 0 Å². The number of nitrogens with one attached hydrogen (secondary N) is 2. The molecule has 2 heterocycles. The van der Waals surface area contributed by atoms with E-state index in [9.17, 15) is 9.59 Å². The van der Waals surface area contributed by atoms with E-state index in [1.54, 1.807) is 11.0 Å². The smallest absolute Gasteiger partial charge is 0.253 e. The van der Waals surface area contributed by atoms with E-state index in [4.69, 9.17) is 9.47 Å². The van der Waals surface area contributed by atoms with Crippen molar-refractivity contribution in [1.82, 2.24) is 5.32 Å². The summed E-state index contributed by atoms with van der Waals surface area (Å²) in [6.07, 6.45) is 2.05. The van der Waals surface area contributed by atoms with Crippen LogP contribution in [0.1, 0.15) is 34.8 Å². The molecule has 2 N–H and O–H groups in total. The number of hydrogen-bond donors (Lipinski definition) is 2. The van der Waals surface area contributed by atoms with Crippen LogP contribution in [-0.4, -0.2) is 44.2 Å². The lowest BCUT2D eigenvalue weighted by atomic mass is 10.0. The molecule has 0 aromatic heterocycles. The minimum Gasteiger partial charge on any atom is -0.489 e. The lowest BCUT2D eigenvalue weighted by Crippen LogP contribution is -2.43. The summed E-state index contributed by atoms with van der Waals surface area (Å²) in [4.78, 5) is 28.2. The van der Waals surface area contributed by atoms with Crippen LogP contribution in [0.4, 0.5) is 11.4 Å². The Kier molecular flexibility index (Phi) is 6.95. The van der Waals surface area contributed by atoms with E-state index in [1.807, 2.05) is 72.8 Å². The Morgan fingerprint density at radius 2 is 1.71 bits per heavy atom. The van der Waals surface area contributed by atoms with Gasteiger partial charge >= 0.3 is 0 Å². The van der Waals surface area contributed by atoms with Crippen molar-refractivity contribution >= 4 is 23.2 Å². The molecular formula is C28H29N3O4. The molecule has 2 atom stereocenters. The first-order chi connectivity index (χ1) is 17.2. The van der Waals surface area contributed by atoms with E-state index < -0.39 is 0 Å². The summed E-state index contributed by atoms with van der Waals surface area (Å²) in [5, 5.41) is 6.16. The second kappa shape index (κ2) is 10.6. The highest BCUT2D eigenvalue weighted by Gasteiger charge is 2.33. The molecule has 5 rings (SSSR count). The highest BCUT2D eigenvalue weighted by molar-refractivity contribution is 6.02. The van der Waals surface area contributed by atoms with Crippen LogP contribution in [0, 0.1) is 0 Å². The van der Waals surface area contributed by atoms with Crippen molar-refractivity contribution in [2.75, 3.05) is 36.5 Å². The predicted molar refractivity (Wildman–Crippen MR) is 135 cm³/mol. The van der Waals surface area contributed by atoms with Gasteiger partial charge in [0.1, 0.15) is 12.4 Å². The second-order valence-corrected chi connectivity index (χ2v) is 8.71. The van der Waals surface area contributed by atoms with Gasteiger partial charge in [-0.2, -0.15) is 0 Å². The molecule has 7 heteroatoms. The van der Waals surface area contributed by atoms with Crippen molar-refractivity contribution in [2.24, 2.45) is 0 Å². The SMILES string of the molecule is O=C(NC[C@@H]1CCCO1)c1ccccc1NCC(=O)N1c2ccccc2OC[C@H]1c1ccccc1. The number of carbonyl (C=O) groups is 2. The fourth-order valence-electron chi connectivity index (χ4n) is 4.62. The van der Waals surface area contributed by atoms with Gasteiger partial charge in [0.2, 0.25) is 5.91 Å². The Hall–Kier alpha value is -3.84. The van der Waals surface area contributed by atoms with E-state index in [0.717, 1.165) is 30.7 Å². The van der Waals surface area contributed by atoms with Gasteiger partial charge in [-0.1, -0.05) is 54.6 Å². The van der Waals surface area contributed by atoms with Crippen LogP contribution in [0.2, 0.25) is 0 Å². The zero-order valence-electron chi connectivity index (χ0n) is 19.5. The minimum atomic E-state index is -0.245. The Bertz CT molecular complexity index is 1180. The third kappa shape index (κ3) is 5.15. The molecule has 2 aliphatic rings. The number of ether oxygens (including phenoxy) is 2. The molecule has 1 fully saturated rings. The van der Waals surface area contributed by atoms with E-state index in [-0.39, 0.29) is 30.5 Å². The van der Waals surface area contributed by atoms with Crippen LogP contribution >= 0.6 is 0 Å². The van der Waals surface area contributed by atoms with Crippen molar-refractivity contribution in [3.8, 4) is 5.75 Å². The van der Waals surface area contributed by atoms with Gasteiger partial charge in [-0.25, -0.2) is 0 Å². The summed E-state index contributed by atoms with van der Waals surface area (Å²) in [6, 6.07) is 24.4. The Balaban J connectivity index is 1.32. The summed E-state index contributed by atoms with van der Waals surface area (Å²) in [6.45, 7) is 1.63. The zero-order chi connectivity index (χ0) is 24.0. The number of amides is 2. The monoisotopic (exact) mass is 471 g/mol. The van der Waals surface area contributed by atoms with Gasteiger partial charge in [0, 0.05) is 18.8 Å². The number of para-hydroxylation sites is 3. The first-order valence-electron chi connectivity index (χ1n) is 12.0. The number of rotatable bonds is 7. The fraction of sp³-hybridized carbons (Fsp3) is 0.286. The maximum Gasteiger partial charge on any atom is 0.253 e. The van der Waals surface area contributed by atoms with E-state index >= 15 is 0 Å². The molecule has 0 aliphatic carbocycles. The quantitative estimate of drug-likeness (QED) is 0.541. The average molecular weight is 472 g/mol. The Morgan fingerprint density at radius 3 is 2.54 bits per heavy atom. The normalized spacial score (nSPS) is 18.9.